The van der Waals surface area contributed by atoms with Gasteiger partial charge in [0.05, 0.1) is 6.10 Å². The summed E-state index contributed by atoms with van der Waals surface area (Å²) in [5, 5.41) is 10.2. The normalized spacial score (nSPS) is 53.6. The third kappa shape index (κ3) is 2.97. The van der Waals surface area contributed by atoms with Gasteiger partial charge >= 0.3 is 0 Å². The molecule has 0 aromatic carbocycles. The Kier molecular flexibility index (Phi) is 4.81. The van der Waals surface area contributed by atoms with Gasteiger partial charge in [-0.25, -0.2) is 0 Å². The number of fused-ring (bicyclic) bond motifs is 5. The van der Waals surface area contributed by atoms with Crippen LogP contribution in [0.4, 0.5) is 0 Å². The van der Waals surface area contributed by atoms with E-state index in [9.17, 15) is 5.11 Å². The molecule has 0 heterocycles. The second kappa shape index (κ2) is 6.86. The molecule has 5 rings (SSSR count). The van der Waals surface area contributed by atoms with Gasteiger partial charge in [-0.15, -0.1) is 0 Å². The third-order valence-electron chi connectivity index (χ3n) is 11.1. The molecule has 0 aromatic rings. The Morgan fingerprint density at radius 3 is 2.64 bits per heavy atom. The lowest BCUT2D eigenvalue weighted by atomic mass is 9.47. The van der Waals surface area contributed by atoms with Gasteiger partial charge < -0.3 is 5.11 Å². The number of allylic oxidation sites excluding steroid dienone is 1. The maximum atomic E-state index is 10.2. The second-order valence-electron chi connectivity index (χ2n) is 12.4. The molecule has 1 heteroatoms. The van der Waals surface area contributed by atoms with Gasteiger partial charge in [0.15, 0.2) is 0 Å². The summed E-state index contributed by atoms with van der Waals surface area (Å²) >= 11 is 0. The second-order valence-corrected chi connectivity index (χ2v) is 12.4. The lowest BCUT2D eigenvalue weighted by molar-refractivity contribution is -0.0573. The van der Waals surface area contributed by atoms with Crippen LogP contribution in [0.5, 0.6) is 0 Å². The van der Waals surface area contributed by atoms with Crippen LogP contribution in [-0.4, -0.2) is 11.2 Å². The summed E-state index contributed by atoms with van der Waals surface area (Å²) in [6.07, 6.45) is 17.4. The van der Waals surface area contributed by atoms with Crippen molar-refractivity contribution >= 4 is 0 Å². The summed E-state index contributed by atoms with van der Waals surface area (Å²) < 4.78 is 0. The van der Waals surface area contributed by atoms with E-state index in [4.69, 9.17) is 0 Å². The van der Waals surface area contributed by atoms with E-state index in [-0.39, 0.29) is 6.10 Å². The maximum absolute atomic E-state index is 10.2. The van der Waals surface area contributed by atoms with Crippen molar-refractivity contribution in [1.82, 2.24) is 0 Å². The Labute approximate surface area is 173 Å². The average Bonchev–Trinajstić information content (AvgIpc) is 3.25. The first-order chi connectivity index (χ1) is 13.3. The molecule has 0 radical (unpaired) electrons. The van der Waals surface area contributed by atoms with Crippen LogP contribution in [-0.2, 0) is 0 Å². The van der Waals surface area contributed by atoms with Crippen LogP contribution in [0, 0.1) is 52.3 Å². The number of aliphatic hydroxyl groups excluding tert-OH is 1. The molecule has 4 fully saturated rings. The minimum Gasteiger partial charge on any atom is -0.393 e. The summed E-state index contributed by atoms with van der Waals surface area (Å²) in [6, 6.07) is 0. The van der Waals surface area contributed by atoms with Crippen molar-refractivity contribution < 1.29 is 5.11 Å². The Morgan fingerprint density at radius 2 is 1.89 bits per heavy atom. The zero-order valence-electron chi connectivity index (χ0n) is 18.9. The molecule has 1 N–H and O–H groups in total. The fourth-order valence-electron chi connectivity index (χ4n) is 9.10. The van der Waals surface area contributed by atoms with Crippen LogP contribution >= 0.6 is 0 Å². The van der Waals surface area contributed by atoms with E-state index in [0.717, 1.165) is 54.3 Å². The van der Waals surface area contributed by atoms with E-state index in [1.807, 2.05) is 0 Å². The first kappa shape index (κ1) is 19.7. The summed E-state index contributed by atoms with van der Waals surface area (Å²) in [5.74, 6) is 6.75. The highest BCUT2D eigenvalue weighted by atomic mass is 16.3. The third-order valence-corrected chi connectivity index (χ3v) is 11.1. The summed E-state index contributed by atoms with van der Waals surface area (Å²) in [6.45, 7) is 10.3. The van der Waals surface area contributed by atoms with E-state index in [2.05, 4.69) is 33.8 Å². The van der Waals surface area contributed by atoms with Gasteiger partial charge in [0.2, 0.25) is 0 Å². The van der Waals surface area contributed by atoms with Gasteiger partial charge in [-0.05, 0) is 116 Å². The first-order valence-electron chi connectivity index (χ1n) is 12.7. The van der Waals surface area contributed by atoms with E-state index in [1.165, 1.54) is 57.8 Å². The molecule has 10 atom stereocenters. The molecule has 0 saturated heterocycles. The highest BCUT2D eigenvalue weighted by Gasteiger charge is 2.59. The topological polar surface area (TPSA) is 20.2 Å². The quantitative estimate of drug-likeness (QED) is 0.517. The predicted molar refractivity (Wildman–Crippen MR) is 117 cm³/mol. The van der Waals surface area contributed by atoms with Crippen LogP contribution in [0.1, 0.15) is 98.3 Å². The molecule has 158 valence electrons. The fraction of sp³-hybridized carbons (Fsp3) is 0.926. The minimum atomic E-state index is -0.0735. The molecule has 4 saturated carbocycles. The Bertz CT molecular complexity index is 636. The zero-order chi connectivity index (χ0) is 19.7. The molecule has 10 unspecified atom stereocenters. The van der Waals surface area contributed by atoms with Gasteiger partial charge in [-0.1, -0.05) is 45.8 Å². The number of hydrogen-bond donors (Lipinski definition) is 1. The van der Waals surface area contributed by atoms with Gasteiger partial charge in [-0.3, -0.25) is 0 Å². The van der Waals surface area contributed by atoms with Gasteiger partial charge in [0.25, 0.3) is 0 Å². The number of hydrogen-bond acceptors (Lipinski definition) is 1. The molecule has 28 heavy (non-hydrogen) atoms. The zero-order valence-corrected chi connectivity index (χ0v) is 18.9. The molecule has 0 aliphatic heterocycles. The highest BCUT2D eigenvalue weighted by molar-refractivity contribution is 5.25. The van der Waals surface area contributed by atoms with Gasteiger partial charge in [0.1, 0.15) is 0 Å². The Hall–Kier alpha value is -0.300. The molecular weight excluding hydrogens is 340 g/mol. The molecule has 5 aliphatic rings. The van der Waals surface area contributed by atoms with Crippen molar-refractivity contribution in [3.05, 3.63) is 11.6 Å². The minimum absolute atomic E-state index is 0.0735. The predicted octanol–water partition coefficient (Wildman–Crippen LogP) is 7.00. The lowest BCUT2D eigenvalue weighted by Crippen LogP contribution is -2.50. The molecule has 0 amide bonds. The number of rotatable bonds is 4. The largest absolute Gasteiger partial charge is 0.393 e. The standard InChI is InChI=1S/C27H44O/c1-17(5-6-19-15-18(19)2)23-9-10-24-22-8-7-20-16-21(28)11-13-26(20,3)25(22)12-14-27(23,24)4/h7,17-19,21-25,28H,5-6,8-16H2,1-4H3. The van der Waals surface area contributed by atoms with E-state index >= 15 is 0 Å². The SMILES string of the molecule is CC1CC1CCC(C)C1CCC2C3CC=C4CC(O)CCC4(C)C3CCC12C. The van der Waals surface area contributed by atoms with Gasteiger partial charge in [0, 0.05) is 0 Å². The highest BCUT2D eigenvalue weighted by Crippen LogP contribution is 2.67. The van der Waals surface area contributed by atoms with Crippen molar-refractivity contribution in [3.8, 4) is 0 Å². The van der Waals surface area contributed by atoms with Crippen LogP contribution in [0.15, 0.2) is 11.6 Å². The van der Waals surface area contributed by atoms with E-state index < -0.39 is 0 Å². The van der Waals surface area contributed by atoms with Crippen molar-refractivity contribution in [1.29, 1.82) is 0 Å². The van der Waals surface area contributed by atoms with Gasteiger partial charge in [-0.2, -0.15) is 0 Å². The average molecular weight is 385 g/mol. The molecule has 1 nitrogen and oxygen atoms in total. The molecule has 0 aromatic heterocycles. The summed E-state index contributed by atoms with van der Waals surface area (Å²) in [5.41, 5.74) is 2.62. The summed E-state index contributed by atoms with van der Waals surface area (Å²) in [7, 11) is 0. The van der Waals surface area contributed by atoms with Crippen LogP contribution in [0.2, 0.25) is 0 Å². The van der Waals surface area contributed by atoms with E-state index in [1.54, 1.807) is 5.57 Å². The van der Waals surface area contributed by atoms with Crippen LogP contribution in [0.3, 0.4) is 0 Å². The smallest absolute Gasteiger partial charge is 0.0577 e. The van der Waals surface area contributed by atoms with Crippen molar-refractivity contribution in [2.45, 2.75) is 104 Å². The molecule has 5 aliphatic carbocycles. The summed E-state index contributed by atoms with van der Waals surface area (Å²) in [4.78, 5) is 0. The molecule has 0 spiro atoms. The number of aliphatic hydroxyl groups is 1. The lowest BCUT2D eigenvalue weighted by Gasteiger charge is -2.58. The molecular formula is C27H44O. The fourth-order valence-corrected chi connectivity index (χ4v) is 9.10. The van der Waals surface area contributed by atoms with Crippen molar-refractivity contribution in [3.63, 3.8) is 0 Å². The van der Waals surface area contributed by atoms with E-state index in [0.29, 0.717) is 10.8 Å². The first-order valence-corrected chi connectivity index (χ1v) is 12.7. The molecule has 0 bridgehead atoms. The van der Waals surface area contributed by atoms with Crippen molar-refractivity contribution in [2.24, 2.45) is 52.3 Å². The Balaban J connectivity index is 1.32. The Morgan fingerprint density at radius 1 is 1.11 bits per heavy atom. The maximum Gasteiger partial charge on any atom is 0.0577 e. The van der Waals surface area contributed by atoms with Crippen molar-refractivity contribution in [2.75, 3.05) is 0 Å². The van der Waals surface area contributed by atoms with Crippen LogP contribution in [0.25, 0.3) is 0 Å². The monoisotopic (exact) mass is 384 g/mol. The van der Waals surface area contributed by atoms with Crippen LogP contribution < -0.4 is 0 Å².